The van der Waals surface area contributed by atoms with Crippen molar-refractivity contribution >= 4 is 27.5 Å². The van der Waals surface area contributed by atoms with Gasteiger partial charge in [0.25, 0.3) is 5.56 Å². The maximum Gasteiger partial charge on any atom is 0.345 e. The second-order valence-corrected chi connectivity index (χ2v) is 7.24. The van der Waals surface area contributed by atoms with Gasteiger partial charge in [-0.2, -0.15) is 0 Å². The molecule has 5 rings (SSSR count). The first kappa shape index (κ1) is 19.5. The minimum absolute atomic E-state index is 0.222. The van der Waals surface area contributed by atoms with Crippen molar-refractivity contribution in [2.24, 2.45) is 0 Å². The zero-order valence-electron chi connectivity index (χ0n) is 17.2. The van der Waals surface area contributed by atoms with Crippen LogP contribution in [-0.4, -0.2) is 22.6 Å². The molecule has 6 heteroatoms. The number of hydrogen-bond acceptors (Lipinski definition) is 5. The van der Waals surface area contributed by atoms with Crippen LogP contribution in [0.15, 0.2) is 96.2 Å². The van der Waals surface area contributed by atoms with E-state index in [0.717, 1.165) is 10.8 Å². The predicted octanol–water partition coefficient (Wildman–Crippen LogP) is 4.77. The van der Waals surface area contributed by atoms with E-state index in [2.05, 4.69) is 4.98 Å². The number of hydrogen-bond donors (Lipinski definition) is 0. The lowest BCUT2D eigenvalue weighted by Crippen LogP contribution is -2.22. The van der Waals surface area contributed by atoms with E-state index in [1.54, 1.807) is 80.2 Å². The van der Waals surface area contributed by atoms with Crippen molar-refractivity contribution in [1.82, 2.24) is 9.55 Å². The molecular weight excluding hydrogens is 404 g/mol. The Morgan fingerprint density at radius 3 is 2.41 bits per heavy atom. The van der Waals surface area contributed by atoms with E-state index in [-0.39, 0.29) is 5.56 Å². The maximum absolute atomic E-state index is 13.2. The van der Waals surface area contributed by atoms with Crippen molar-refractivity contribution < 1.29 is 14.3 Å². The zero-order chi connectivity index (χ0) is 22.1. The second kappa shape index (κ2) is 8.00. The Morgan fingerprint density at radius 1 is 0.875 bits per heavy atom. The second-order valence-electron chi connectivity index (χ2n) is 7.24. The molecule has 6 nitrogen and oxygen atoms in total. The van der Waals surface area contributed by atoms with Crippen molar-refractivity contribution in [3.63, 3.8) is 0 Å². The lowest BCUT2D eigenvalue weighted by atomic mass is 10.1. The Labute approximate surface area is 183 Å². The molecule has 0 saturated carbocycles. The molecule has 5 aromatic rings. The summed E-state index contributed by atoms with van der Waals surface area (Å²) in [5.74, 6) is 0.547. The summed E-state index contributed by atoms with van der Waals surface area (Å²) < 4.78 is 12.3. The van der Waals surface area contributed by atoms with Crippen molar-refractivity contribution in [1.29, 1.82) is 0 Å². The number of rotatable bonds is 4. The van der Waals surface area contributed by atoms with Crippen molar-refractivity contribution in [3.05, 3.63) is 107 Å². The van der Waals surface area contributed by atoms with Gasteiger partial charge in [-0.25, -0.2) is 4.79 Å². The quantitative estimate of drug-likeness (QED) is 0.308. The van der Waals surface area contributed by atoms with E-state index in [0.29, 0.717) is 33.5 Å². The number of methoxy groups -OCH3 is 1. The van der Waals surface area contributed by atoms with Gasteiger partial charge < -0.3 is 9.47 Å². The molecule has 0 radical (unpaired) electrons. The number of fused-ring (bicyclic) bond motifs is 2. The van der Waals surface area contributed by atoms with E-state index in [4.69, 9.17) is 9.47 Å². The van der Waals surface area contributed by atoms with E-state index in [1.165, 1.54) is 10.8 Å². The summed E-state index contributed by atoms with van der Waals surface area (Å²) in [5.41, 5.74) is 0.695. The fourth-order valence-electron chi connectivity index (χ4n) is 3.68. The summed E-state index contributed by atoms with van der Waals surface area (Å²) in [6.07, 6.45) is 4.96. The van der Waals surface area contributed by atoms with Crippen LogP contribution in [0.1, 0.15) is 10.4 Å². The van der Waals surface area contributed by atoms with Crippen LogP contribution in [0.2, 0.25) is 0 Å². The Balaban J connectivity index is 1.60. The van der Waals surface area contributed by atoms with Gasteiger partial charge in [-0.15, -0.1) is 0 Å². The molecule has 3 aromatic carbocycles. The highest BCUT2D eigenvalue weighted by molar-refractivity contribution is 6.05. The molecule has 32 heavy (non-hydrogen) atoms. The van der Waals surface area contributed by atoms with Gasteiger partial charge in [0.2, 0.25) is 0 Å². The molecule has 0 aliphatic heterocycles. The largest absolute Gasteiger partial charge is 0.497 e. The lowest BCUT2D eigenvalue weighted by Gasteiger charge is -2.13. The van der Waals surface area contributed by atoms with Crippen LogP contribution in [0, 0.1) is 0 Å². The average molecular weight is 422 g/mol. The smallest absolute Gasteiger partial charge is 0.345 e. The number of carbonyl (C=O) groups is 1. The summed E-state index contributed by atoms with van der Waals surface area (Å²) in [5, 5.41) is 2.84. The number of ether oxygens (including phenoxy) is 2. The molecule has 2 heterocycles. The minimum atomic E-state index is -0.545. The average Bonchev–Trinajstić information content (AvgIpc) is 2.84. The number of pyridine rings is 2. The number of carbonyl (C=O) groups excluding carboxylic acids is 1. The molecular formula is C26H18N2O4. The van der Waals surface area contributed by atoms with Gasteiger partial charge in [-0.1, -0.05) is 18.2 Å². The topological polar surface area (TPSA) is 70.4 Å². The van der Waals surface area contributed by atoms with Gasteiger partial charge in [0.1, 0.15) is 11.5 Å². The third-order valence-electron chi connectivity index (χ3n) is 5.32. The van der Waals surface area contributed by atoms with E-state index >= 15 is 0 Å². The maximum atomic E-state index is 13.2. The van der Waals surface area contributed by atoms with Gasteiger partial charge in [-0.05, 0) is 60.0 Å². The zero-order valence-corrected chi connectivity index (χ0v) is 17.2. The SMILES string of the molecule is COc1ccc(-n2cc(C(=O)Oc3ccc4cnccc4c3)c3ccccc3c2=O)cc1. The van der Waals surface area contributed by atoms with Crippen LogP contribution in [0.25, 0.3) is 27.2 Å². The van der Waals surface area contributed by atoms with E-state index in [9.17, 15) is 9.59 Å². The molecule has 0 amide bonds. The molecule has 2 aromatic heterocycles. The van der Waals surface area contributed by atoms with E-state index < -0.39 is 5.97 Å². The molecule has 0 fully saturated rings. The van der Waals surface area contributed by atoms with Crippen LogP contribution in [0.5, 0.6) is 11.5 Å². The van der Waals surface area contributed by atoms with Crippen molar-refractivity contribution in [2.45, 2.75) is 0 Å². The van der Waals surface area contributed by atoms with Crippen LogP contribution >= 0.6 is 0 Å². The first-order valence-corrected chi connectivity index (χ1v) is 9.99. The molecule has 0 N–H and O–H groups in total. The highest BCUT2D eigenvalue weighted by Crippen LogP contribution is 2.24. The molecule has 0 atom stereocenters. The number of benzene rings is 3. The van der Waals surface area contributed by atoms with Crippen molar-refractivity contribution in [3.8, 4) is 17.2 Å². The molecule has 0 aliphatic carbocycles. The highest BCUT2D eigenvalue weighted by atomic mass is 16.5. The Kier molecular flexibility index (Phi) is 4.88. The fourth-order valence-corrected chi connectivity index (χ4v) is 3.68. The third-order valence-corrected chi connectivity index (χ3v) is 5.32. The number of esters is 1. The summed E-state index contributed by atoms with van der Waals surface area (Å²) in [4.78, 5) is 30.4. The molecule has 0 saturated heterocycles. The number of aromatic nitrogens is 2. The Bertz CT molecular complexity index is 1520. The molecule has 0 bridgehead atoms. The summed E-state index contributed by atoms with van der Waals surface area (Å²) in [6, 6.07) is 21.3. The van der Waals surface area contributed by atoms with Crippen molar-refractivity contribution in [2.75, 3.05) is 7.11 Å². The van der Waals surface area contributed by atoms with Gasteiger partial charge in [-0.3, -0.25) is 14.3 Å². The number of nitrogens with zero attached hydrogens (tertiary/aromatic N) is 2. The first-order chi connectivity index (χ1) is 15.6. The van der Waals surface area contributed by atoms with Crippen LogP contribution in [-0.2, 0) is 0 Å². The predicted molar refractivity (Wildman–Crippen MR) is 123 cm³/mol. The van der Waals surface area contributed by atoms with Crippen LogP contribution in [0.4, 0.5) is 0 Å². The molecule has 0 aliphatic rings. The highest BCUT2D eigenvalue weighted by Gasteiger charge is 2.17. The van der Waals surface area contributed by atoms with Crippen LogP contribution < -0.4 is 15.0 Å². The Hall–Kier alpha value is -4.45. The summed E-state index contributed by atoms with van der Waals surface area (Å²) in [6.45, 7) is 0. The minimum Gasteiger partial charge on any atom is -0.497 e. The van der Waals surface area contributed by atoms with Gasteiger partial charge in [0, 0.05) is 40.4 Å². The van der Waals surface area contributed by atoms with E-state index in [1.807, 2.05) is 12.1 Å². The van der Waals surface area contributed by atoms with Gasteiger partial charge >= 0.3 is 5.97 Å². The van der Waals surface area contributed by atoms with Gasteiger partial charge in [0.15, 0.2) is 0 Å². The fraction of sp³-hybridized carbons (Fsp3) is 0.0385. The lowest BCUT2D eigenvalue weighted by molar-refractivity contribution is 0.0736. The monoisotopic (exact) mass is 422 g/mol. The molecule has 0 spiro atoms. The third kappa shape index (κ3) is 3.48. The summed E-state index contributed by atoms with van der Waals surface area (Å²) >= 11 is 0. The molecule has 156 valence electrons. The van der Waals surface area contributed by atoms with Crippen LogP contribution in [0.3, 0.4) is 0 Å². The summed E-state index contributed by atoms with van der Waals surface area (Å²) in [7, 11) is 1.58. The molecule has 0 unspecified atom stereocenters. The van der Waals surface area contributed by atoms with Gasteiger partial charge in [0.05, 0.1) is 12.7 Å². The first-order valence-electron chi connectivity index (χ1n) is 9.99. The Morgan fingerprint density at radius 2 is 1.62 bits per heavy atom. The normalized spacial score (nSPS) is 10.9. The standard InChI is InChI=1S/C26H18N2O4/c1-31-20-10-7-19(8-11-20)28-16-24(22-4-2-3-5-23(22)25(28)29)26(30)32-21-9-6-18-15-27-13-12-17(18)14-21/h2-16H,1H3.